The topological polar surface area (TPSA) is 118 Å². The number of aromatic nitrogens is 1. The highest BCUT2D eigenvalue weighted by atomic mass is 35.5. The van der Waals surface area contributed by atoms with Gasteiger partial charge in [-0.2, -0.15) is 0 Å². The molecule has 170 valence electrons. The maximum absolute atomic E-state index is 12.5. The van der Waals surface area contributed by atoms with Gasteiger partial charge in [-0.15, -0.1) is 11.3 Å². The Morgan fingerprint density at radius 2 is 1.70 bits per heavy atom. The monoisotopic (exact) mass is 543 g/mol. The van der Waals surface area contributed by atoms with E-state index in [0.29, 0.717) is 32.8 Å². The average molecular weight is 545 g/mol. The van der Waals surface area contributed by atoms with Gasteiger partial charge in [-0.25, -0.2) is 22.5 Å². The fourth-order valence-corrected chi connectivity index (χ4v) is 5.98. The summed E-state index contributed by atoms with van der Waals surface area (Å²) in [5, 5.41) is 14.4. The molecule has 2 amide bonds. The van der Waals surface area contributed by atoms with E-state index >= 15 is 0 Å². The molecule has 0 spiro atoms. The van der Waals surface area contributed by atoms with Gasteiger partial charge in [0, 0.05) is 22.2 Å². The van der Waals surface area contributed by atoms with Crippen molar-refractivity contribution in [1.29, 1.82) is 0 Å². The lowest BCUT2D eigenvalue weighted by atomic mass is 10.1. The fourth-order valence-electron chi connectivity index (χ4n) is 3.01. The highest BCUT2D eigenvalue weighted by Gasteiger charge is 2.22. The molecule has 0 unspecified atom stereocenters. The molecule has 0 fully saturated rings. The molecule has 2 aromatic heterocycles. The minimum Gasteiger partial charge on any atom is -0.494 e. The standard InChI is InChI=1S/C20H12Cl3N3O5S2/c21-11-1-6-14-10(7-11)8-16(27)26(19(14)28)13-4-2-12(3-5-13)24-20(29)25-33(30,31)17-9-15(22)18(23)32-17/h1-9,28H,(H2,24,25,29). The van der Waals surface area contributed by atoms with Gasteiger partial charge in [-0.3, -0.25) is 4.79 Å². The molecule has 0 bridgehead atoms. The summed E-state index contributed by atoms with van der Waals surface area (Å²) in [5.41, 5.74) is 0.0877. The van der Waals surface area contributed by atoms with E-state index in [0.717, 1.165) is 10.6 Å². The maximum Gasteiger partial charge on any atom is 0.333 e. The van der Waals surface area contributed by atoms with Crippen LogP contribution in [0.5, 0.6) is 5.88 Å². The molecule has 3 N–H and O–H groups in total. The summed E-state index contributed by atoms with van der Waals surface area (Å²) >= 11 is 18.2. The molecule has 0 aliphatic carbocycles. The van der Waals surface area contributed by atoms with Crippen LogP contribution in [0.15, 0.2) is 63.6 Å². The molecule has 33 heavy (non-hydrogen) atoms. The van der Waals surface area contributed by atoms with Crippen LogP contribution in [0.2, 0.25) is 14.4 Å². The number of aromatic hydroxyl groups is 1. The number of sulfonamides is 1. The molecule has 4 aromatic rings. The number of nitrogens with zero attached hydrogens (tertiary/aromatic N) is 1. The normalized spacial score (nSPS) is 11.5. The van der Waals surface area contributed by atoms with Crippen LogP contribution in [0.1, 0.15) is 0 Å². The van der Waals surface area contributed by atoms with Gasteiger partial charge in [-0.1, -0.05) is 34.8 Å². The molecule has 8 nitrogen and oxygen atoms in total. The van der Waals surface area contributed by atoms with E-state index < -0.39 is 21.6 Å². The molecular weight excluding hydrogens is 533 g/mol. The second kappa shape index (κ2) is 8.88. The Kier molecular flexibility index (Phi) is 6.30. The molecule has 0 aliphatic heterocycles. The number of pyridine rings is 1. The van der Waals surface area contributed by atoms with Gasteiger partial charge in [-0.05, 0) is 53.9 Å². The number of anilines is 1. The van der Waals surface area contributed by atoms with Crippen LogP contribution < -0.4 is 15.6 Å². The number of hydrogen-bond donors (Lipinski definition) is 3. The Hall–Kier alpha value is -2.76. The van der Waals surface area contributed by atoms with E-state index in [1.165, 1.54) is 30.3 Å². The Bertz CT molecular complexity index is 1550. The Labute approximate surface area is 206 Å². The average Bonchev–Trinajstić information content (AvgIpc) is 3.08. The molecule has 2 aromatic carbocycles. The molecule has 4 rings (SSSR count). The van der Waals surface area contributed by atoms with Crippen LogP contribution in [-0.2, 0) is 10.0 Å². The number of thiophene rings is 1. The van der Waals surface area contributed by atoms with Crippen molar-refractivity contribution >= 4 is 78.7 Å². The first-order valence-corrected chi connectivity index (χ1v) is 12.4. The quantitative estimate of drug-likeness (QED) is 0.325. The van der Waals surface area contributed by atoms with E-state index in [1.807, 2.05) is 4.72 Å². The molecule has 2 heterocycles. The summed E-state index contributed by atoms with van der Waals surface area (Å²) in [6, 6.07) is 12.1. The largest absolute Gasteiger partial charge is 0.494 e. The second-order valence-corrected chi connectivity index (χ2v) is 11.1. The lowest BCUT2D eigenvalue weighted by Crippen LogP contribution is -2.33. The first kappa shape index (κ1) is 23.4. The molecule has 0 aliphatic rings. The smallest absolute Gasteiger partial charge is 0.333 e. The summed E-state index contributed by atoms with van der Waals surface area (Å²) in [6.45, 7) is 0. The highest BCUT2D eigenvalue weighted by Crippen LogP contribution is 2.34. The zero-order valence-corrected chi connectivity index (χ0v) is 20.1. The predicted octanol–water partition coefficient (Wildman–Crippen LogP) is 5.23. The zero-order valence-electron chi connectivity index (χ0n) is 16.2. The van der Waals surface area contributed by atoms with Gasteiger partial charge in [0.15, 0.2) is 0 Å². The molecule has 0 atom stereocenters. The van der Waals surface area contributed by atoms with Crippen molar-refractivity contribution in [2.45, 2.75) is 4.21 Å². The van der Waals surface area contributed by atoms with E-state index in [4.69, 9.17) is 34.8 Å². The number of benzene rings is 2. The number of rotatable bonds is 4. The zero-order chi connectivity index (χ0) is 23.9. The van der Waals surface area contributed by atoms with Crippen LogP contribution in [0.25, 0.3) is 16.5 Å². The molecule has 13 heteroatoms. The Morgan fingerprint density at radius 3 is 2.33 bits per heavy atom. The number of urea groups is 1. The maximum atomic E-state index is 12.5. The van der Waals surface area contributed by atoms with Crippen LogP contribution in [-0.4, -0.2) is 24.1 Å². The van der Waals surface area contributed by atoms with Gasteiger partial charge in [0.1, 0.15) is 8.55 Å². The predicted molar refractivity (Wildman–Crippen MR) is 130 cm³/mol. The Morgan fingerprint density at radius 1 is 1.00 bits per heavy atom. The number of halogens is 3. The van der Waals surface area contributed by atoms with Gasteiger partial charge in [0.05, 0.1) is 10.7 Å². The van der Waals surface area contributed by atoms with Crippen molar-refractivity contribution < 1.29 is 18.3 Å². The minimum atomic E-state index is -4.17. The van der Waals surface area contributed by atoms with Crippen molar-refractivity contribution in [1.82, 2.24) is 9.29 Å². The third-order valence-electron chi connectivity index (χ3n) is 4.46. The number of carbonyl (C=O) groups is 1. The van der Waals surface area contributed by atoms with E-state index in [1.54, 1.807) is 18.2 Å². The third kappa shape index (κ3) is 4.80. The fraction of sp³-hybridized carbons (Fsp3) is 0. The van der Waals surface area contributed by atoms with Gasteiger partial charge in [0.25, 0.3) is 15.6 Å². The summed E-state index contributed by atoms with van der Waals surface area (Å²) in [4.78, 5) is 24.7. The number of nitrogens with one attached hydrogen (secondary N) is 2. The van der Waals surface area contributed by atoms with Crippen molar-refractivity contribution in [3.05, 3.63) is 79.3 Å². The number of hydrogen-bond acceptors (Lipinski definition) is 6. The first-order valence-electron chi connectivity index (χ1n) is 8.98. The number of amides is 2. The SMILES string of the molecule is O=C(Nc1ccc(-n2c(O)c3ccc(Cl)cc3cc2=O)cc1)NS(=O)(=O)c1cc(Cl)c(Cl)s1. The van der Waals surface area contributed by atoms with Crippen molar-refractivity contribution in [3.63, 3.8) is 0 Å². The first-order chi connectivity index (χ1) is 15.5. The molecule has 0 radical (unpaired) electrons. The summed E-state index contributed by atoms with van der Waals surface area (Å²) in [5.74, 6) is -0.271. The lowest BCUT2D eigenvalue weighted by molar-refractivity contribution is 0.256. The molecular formula is C20H12Cl3N3O5S2. The molecule has 0 saturated carbocycles. The lowest BCUT2D eigenvalue weighted by Gasteiger charge is -2.12. The van der Waals surface area contributed by atoms with Crippen LogP contribution >= 0.6 is 46.1 Å². The number of fused-ring (bicyclic) bond motifs is 1. The summed E-state index contributed by atoms with van der Waals surface area (Å²) in [6.07, 6.45) is 0. The van der Waals surface area contributed by atoms with Gasteiger partial charge >= 0.3 is 6.03 Å². The van der Waals surface area contributed by atoms with E-state index in [-0.39, 0.29) is 25.1 Å². The minimum absolute atomic E-state index is 0.0633. The van der Waals surface area contributed by atoms with E-state index in [2.05, 4.69) is 5.32 Å². The highest BCUT2D eigenvalue weighted by molar-refractivity contribution is 7.92. The summed E-state index contributed by atoms with van der Waals surface area (Å²) in [7, 11) is -4.17. The van der Waals surface area contributed by atoms with Crippen molar-refractivity contribution in [2.75, 3.05) is 5.32 Å². The molecule has 0 saturated heterocycles. The third-order valence-corrected chi connectivity index (χ3v) is 8.37. The Balaban J connectivity index is 1.55. The van der Waals surface area contributed by atoms with Crippen molar-refractivity contribution in [2.24, 2.45) is 0 Å². The van der Waals surface area contributed by atoms with Crippen LogP contribution in [0.4, 0.5) is 10.5 Å². The van der Waals surface area contributed by atoms with Crippen molar-refractivity contribution in [3.8, 4) is 11.6 Å². The summed E-state index contributed by atoms with van der Waals surface area (Å²) < 4.78 is 27.4. The number of carbonyl (C=O) groups excluding carboxylic acids is 1. The van der Waals surface area contributed by atoms with Gasteiger partial charge in [0.2, 0.25) is 5.88 Å². The van der Waals surface area contributed by atoms with Crippen LogP contribution in [0.3, 0.4) is 0 Å². The second-order valence-electron chi connectivity index (χ2n) is 6.67. The van der Waals surface area contributed by atoms with Gasteiger partial charge < -0.3 is 10.4 Å². The van der Waals surface area contributed by atoms with E-state index in [9.17, 15) is 23.1 Å². The van der Waals surface area contributed by atoms with Crippen LogP contribution in [0, 0.1) is 0 Å².